The molecule has 106 valence electrons. The molecule has 0 atom stereocenters. The highest BCUT2D eigenvalue weighted by Gasteiger charge is 2.18. The number of hydrogen-bond donors (Lipinski definition) is 2. The van der Waals surface area contributed by atoms with Crippen LogP contribution in [0, 0.1) is 18.8 Å². The van der Waals surface area contributed by atoms with Crippen molar-refractivity contribution in [3.05, 3.63) is 34.9 Å². The molecular formula is C16H20N2O2. The van der Waals surface area contributed by atoms with Crippen molar-refractivity contribution in [3.63, 3.8) is 0 Å². The van der Waals surface area contributed by atoms with E-state index >= 15 is 0 Å². The maximum absolute atomic E-state index is 12.4. The maximum Gasteiger partial charge on any atom is 0.252 e. The highest BCUT2D eigenvalue weighted by Crippen LogP contribution is 2.13. The monoisotopic (exact) mass is 272 g/mol. The molecule has 0 bridgehead atoms. The van der Waals surface area contributed by atoms with Gasteiger partial charge in [0.2, 0.25) is 0 Å². The van der Waals surface area contributed by atoms with E-state index in [2.05, 4.69) is 17.2 Å². The third kappa shape index (κ3) is 3.83. The van der Waals surface area contributed by atoms with Gasteiger partial charge in [0, 0.05) is 24.8 Å². The largest absolute Gasteiger partial charge is 0.381 e. The lowest BCUT2D eigenvalue weighted by molar-refractivity contribution is 0.0696. The molecule has 2 rings (SSSR count). The summed E-state index contributed by atoms with van der Waals surface area (Å²) in [5.74, 6) is 5.71. The second-order valence-electron chi connectivity index (χ2n) is 4.92. The van der Waals surface area contributed by atoms with Gasteiger partial charge in [-0.05, 0) is 37.5 Å². The van der Waals surface area contributed by atoms with Gasteiger partial charge in [0.05, 0.1) is 12.1 Å². The molecule has 4 nitrogen and oxygen atoms in total. The fourth-order valence-electron chi connectivity index (χ4n) is 2.21. The molecule has 1 saturated heterocycles. The number of nitrogens with two attached hydrogens (primary N) is 1. The van der Waals surface area contributed by atoms with Crippen molar-refractivity contribution in [3.8, 4) is 11.8 Å². The minimum atomic E-state index is -0.0711. The van der Waals surface area contributed by atoms with Gasteiger partial charge >= 0.3 is 0 Å². The number of carbonyl (C=O) groups excluding carboxylic acids is 1. The summed E-state index contributed by atoms with van der Waals surface area (Å²) in [7, 11) is 0. The normalized spacial score (nSPS) is 15.3. The summed E-state index contributed by atoms with van der Waals surface area (Å²) in [5, 5.41) is 3.05. The molecule has 0 spiro atoms. The van der Waals surface area contributed by atoms with Gasteiger partial charge in [-0.2, -0.15) is 0 Å². The highest BCUT2D eigenvalue weighted by molar-refractivity contribution is 5.97. The minimum absolute atomic E-state index is 0.0711. The highest BCUT2D eigenvalue weighted by atomic mass is 16.5. The van der Waals surface area contributed by atoms with Crippen molar-refractivity contribution >= 4 is 5.91 Å². The first kappa shape index (κ1) is 14.6. The van der Waals surface area contributed by atoms with Crippen LogP contribution >= 0.6 is 0 Å². The van der Waals surface area contributed by atoms with Crippen molar-refractivity contribution in [2.45, 2.75) is 25.8 Å². The van der Waals surface area contributed by atoms with Crippen LogP contribution < -0.4 is 11.1 Å². The number of rotatable bonds is 2. The van der Waals surface area contributed by atoms with Crippen molar-refractivity contribution in [2.75, 3.05) is 19.8 Å². The molecule has 1 heterocycles. The third-order valence-electron chi connectivity index (χ3n) is 3.30. The van der Waals surface area contributed by atoms with Crippen LogP contribution in [0.1, 0.15) is 34.3 Å². The van der Waals surface area contributed by atoms with Gasteiger partial charge in [0.15, 0.2) is 0 Å². The molecule has 0 aliphatic carbocycles. The second kappa shape index (κ2) is 7.09. The van der Waals surface area contributed by atoms with Crippen LogP contribution in [0.25, 0.3) is 0 Å². The lowest BCUT2D eigenvalue weighted by Gasteiger charge is -2.23. The van der Waals surface area contributed by atoms with Crippen molar-refractivity contribution in [1.82, 2.24) is 5.32 Å². The van der Waals surface area contributed by atoms with E-state index in [1.165, 1.54) is 0 Å². The summed E-state index contributed by atoms with van der Waals surface area (Å²) in [6.45, 7) is 3.68. The number of amides is 1. The Kier molecular flexibility index (Phi) is 5.16. The van der Waals surface area contributed by atoms with Gasteiger partial charge in [0.1, 0.15) is 0 Å². The molecule has 1 aliphatic rings. The summed E-state index contributed by atoms with van der Waals surface area (Å²) in [5.41, 5.74) is 7.83. The molecule has 4 heteroatoms. The van der Waals surface area contributed by atoms with E-state index < -0.39 is 0 Å². The molecular weight excluding hydrogens is 252 g/mol. The van der Waals surface area contributed by atoms with Gasteiger partial charge in [-0.3, -0.25) is 4.79 Å². The molecule has 0 unspecified atom stereocenters. The Morgan fingerprint density at radius 2 is 2.20 bits per heavy atom. The summed E-state index contributed by atoms with van der Waals surface area (Å²) in [6.07, 6.45) is 1.73. The van der Waals surface area contributed by atoms with Crippen LogP contribution in [0.2, 0.25) is 0 Å². The molecule has 1 aliphatic heterocycles. The van der Waals surface area contributed by atoms with E-state index in [9.17, 15) is 4.79 Å². The van der Waals surface area contributed by atoms with Gasteiger partial charge in [0.25, 0.3) is 5.91 Å². The van der Waals surface area contributed by atoms with E-state index in [4.69, 9.17) is 10.5 Å². The number of hydrogen-bond acceptors (Lipinski definition) is 3. The Balaban J connectivity index is 2.15. The average molecular weight is 272 g/mol. The lowest BCUT2D eigenvalue weighted by Crippen LogP contribution is -2.39. The van der Waals surface area contributed by atoms with Crippen LogP contribution in [0.4, 0.5) is 0 Å². The first-order valence-electron chi connectivity index (χ1n) is 6.89. The van der Waals surface area contributed by atoms with E-state index in [1.54, 1.807) is 0 Å². The lowest BCUT2D eigenvalue weighted by atomic mass is 10.0. The Labute approximate surface area is 119 Å². The van der Waals surface area contributed by atoms with Gasteiger partial charge in [-0.15, -0.1) is 0 Å². The number of carbonyl (C=O) groups is 1. The second-order valence-corrected chi connectivity index (χ2v) is 4.92. The van der Waals surface area contributed by atoms with E-state index in [1.807, 2.05) is 25.1 Å². The van der Waals surface area contributed by atoms with Gasteiger partial charge in [-0.25, -0.2) is 0 Å². The zero-order valence-corrected chi connectivity index (χ0v) is 11.7. The molecule has 1 fully saturated rings. The Bertz CT molecular complexity index is 537. The fourth-order valence-corrected chi connectivity index (χ4v) is 2.21. The predicted octanol–water partition coefficient (Wildman–Crippen LogP) is 1.21. The zero-order chi connectivity index (χ0) is 14.4. The third-order valence-corrected chi connectivity index (χ3v) is 3.30. The minimum Gasteiger partial charge on any atom is -0.381 e. The van der Waals surface area contributed by atoms with Gasteiger partial charge in [-0.1, -0.05) is 17.9 Å². The molecule has 1 aromatic rings. The summed E-state index contributed by atoms with van der Waals surface area (Å²) in [4.78, 5) is 12.4. The molecule has 3 N–H and O–H groups in total. The standard InChI is InChI=1S/C16H20N2O2/c1-12-4-5-15(13(11-12)3-2-8-17)16(19)18-14-6-9-20-10-7-14/h4-5,11,14H,6-10,17H2,1H3,(H,18,19). The quantitative estimate of drug-likeness (QED) is 0.796. The van der Waals surface area contributed by atoms with Crippen molar-refractivity contribution < 1.29 is 9.53 Å². The Morgan fingerprint density at radius 1 is 1.45 bits per heavy atom. The summed E-state index contributed by atoms with van der Waals surface area (Å²) < 4.78 is 5.29. The number of benzene rings is 1. The summed E-state index contributed by atoms with van der Waals surface area (Å²) in [6, 6.07) is 5.85. The maximum atomic E-state index is 12.4. The van der Waals surface area contributed by atoms with Crippen LogP contribution in [-0.2, 0) is 4.74 Å². The van der Waals surface area contributed by atoms with E-state index in [0.29, 0.717) is 18.8 Å². The smallest absolute Gasteiger partial charge is 0.252 e. The predicted molar refractivity (Wildman–Crippen MR) is 78.4 cm³/mol. The van der Waals surface area contributed by atoms with Crippen LogP contribution in [0.3, 0.4) is 0 Å². The Hall–Kier alpha value is -1.83. The number of nitrogens with one attached hydrogen (secondary N) is 1. The molecule has 0 radical (unpaired) electrons. The number of ether oxygens (including phenoxy) is 1. The van der Waals surface area contributed by atoms with Crippen molar-refractivity contribution in [1.29, 1.82) is 0 Å². The van der Waals surface area contributed by atoms with Crippen LogP contribution in [0.5, 0.6) is 0 Å². The first-order chi connectivity index (χ1) is 9.70. The van der Waals surface area contributed by atoms with Crippen molar-refractivity contribution in [2.24, 2.45) is 5.73 Å². The van der Waals surface area contributed by atoms with E-state index in [0.717, 1.165) is 24.0 Å². The molecule has 0 saturated carbocycles. The average Bonchev–Trinajstić information content (AvgIpc) is 2.46. The zero-order valence-electron chi connectivity index (χ0n) is 11.7. The fraction of sp³-hybridized carbons (Fsp3) is 0.438. The van der Waals surface area contributed by atoms with Crippen LogP contribution in [0.15, 0.2) is 18.2 Å². The molecule has 1 amide bonds. The van der Waals surface area contributed by atoms with Gasteiger partial charge < -0.3 is 15.8 Å². The molecule has 1 aromatic carbocycles. The van der Waals surface area contributed by atoms with Crippen LogP contribution in [-0.4, -0.2) is 31.7 Å². The Morgan fingerprint density at radius 3 is 2.90 bits per heavy atom. The molecule has 20 heavy (non-hydrogen) atoms. The van der Waals surface area contributed by atoms with E-state index in [-0.39, 0.29) is 18.5 Å². The SMILES string of the molecule is Cc1ccc(C(=O)NC2CCOCC2)c(C#CCN)c1. The first-order valence-corrected chi connectivity index (χ1v) is 6.89. The number of aryl methyl sites for hydroxylation is 1. The molecule has 0 aromatic heterocycles. The topological polar surface area (TPSA) is 64.3 Å². The summed E-state index contributed by atoms with van der Waals surface area (Å²) >= 11 is 0.